The Bertz CT molecular complexity index is 1020. The van der Waals surface area contributed by atoms with Crippen molar-refractivity contribution in [3.8, 4) is 5.75 Å². The van der Waals surface area contributed by atoms with Crippen molar-refractivity contribution < 1.29 is 38.1 Å². The molecule has 0 fully saturated rings. The van der Waals surface area contributed by atoms with Crippen LogP contribution >= 0.6 is 22.9 Å². The zero-order chi connectivity index (χ0) is 23.1. The van der Waals surface area contributed by atoms with Gasteiger partial charge in [-0.2, -0.15) is 0 Å². The molecule has 0 spiro atoms. The Morgan fingerprint density at radius 1 is 1.03 bits per heavy atom. The van der Waals surface area contributed by atoms with Crippen LogP contribution in [0.3, 0.4) is 0 Å². The highest BCUT2D eigenvalue weighted by Gasteiger charge is 2.27. The largest absolute Gasteiger partial charge is 0.482 e. The first-order valence-corrected chi connectivity index (χ1v) is 10.0. The summed E-state index contributed by atoms with van der Waals surface area (Å²) < 4.78 is 19.6. The number of methoxy groups -OCH3 is 2. The van der Waals surface area contributed by atoms with Crippen molar-refractivity contribution in [2.45, 2.75) is 13.8 Å². The first-order chi connectivity index (χ1) is 14.7. The molecule has 0 aliphatic heterocycles. The maximum Gasteiger partial charge on any atom is 0.348 e. The van der Waals surface area contributed by atoms with Crippen LogP contribution in [0.4, 0.5) is 5.00 Å². The van der Waals surface area contributed by atoms with E-state index in [1.165, 1.54) is 21.1 Å². The van der Waals surface area contributed by atoms with Gasteiger partial charge in [-0.05, 0) is 43.2 Å². The fourth-order valence-electron chi connectivity index (χ4n) is 2.44. The summed E-state index contributed by atoms with van der Waals surface area (Å²) in [6.07, 6.45) is 0. The lowest BCUT2D eigenvalue weighted by atomic mass is 10.1. The molecule has 2 aromatic rings. The summed E-state index contributed by atoms with van der Waals surface area (Å²) >= 11 is 6.78. The fourth-order valence-corrected chi connectivity index (χ4v) is 3.68. The molecule has 1 aromatic heterocycles. The number of carbonyl (C=O) groups excluding carboxylic acids is 4. The monoisotopic (exact) mass is 469 g/mol. The van der Waals surface area contributed by atoms with E-state index in [4.69, 9.17) is 25.8 Å². The van der Waals surface area contributed by atoms with Crippen LogP contribution in [0.5, 0.6) is 5.75 Å². The number of amides is 1. The number of nitrogens with one attached hydrogen (secondary N) is 1. The van der Waals surface area contributed by atoms with Gasteiger partial charge < -0.3 is 24.3 Å². The summed E-state index contributed by atoms with van der Waals surface area (Å²) in [4.78, 5) is 48.1. The number of thiophene rings is 1. The van der Waals surface area contributed by atoms with Crippen LogP contribution in [-0.2, 0) is 23.8 Å². The fraction of sp³-hybridized carbons (Fsp3) is 0.300. The highest BCUT2D eigenvalue weighted by molar-refractivity contribution is 7.18. The van der Waals surface area contributed by atoms with Gasteiger partial charge in [-0.3, -0.25) is 4.79 Å². The number of rotatable bonds is 8. The third-order valence-electron chi connectivity index (χ3n) is 4.01. The van der Waals surface area contributed by atoms with E-state index in [0.717, 1.165) is 16.9 Å². The highest BCUT2D eigenvalue weighted by atomic mass is 35.5. The first kappa shape index (κ1) is 24.2. The van der Waals surface area contributed by atoms with Gasteiger partial charge in [0.25, 0.3) is 5.91 Å². The number of halogens is 1. The average Bonchev–Trinajstić information content (AvgIpc) is 3.07. The molecule has 0 unspecified atom stereocenters. The summed E-state index contributed by atoms with van der Waals surface area (Å²) in [5.74, 6) is -2.44. The number of carbonyl (C=O) groups is 4. The molecule has 1 N–H and O–H groups in total. The maximum absolute atomic E-state index is 12.2. The second kappa shape index (κ2) is 10.8. The van der Waals surface area contributed by atoms with Crippen molar-refractivity contribution in [3.05, 3.63) is 44.8 Å². The molecule has 9 nitrogen and oxygen atoms in total. The molecule has 166 valence electrons. The molecule has 1 amide bonds. The number of hydrogen-bond donors (Lipinski definition) is 1. The Hall–Kier alpha value is -3.11. The van der Waals surface area contributed by atoms with Crippen LogP contribution < -0.4 is 10.1 Å². The topological polar surface area (TPSA) is 117 Å². The summed E-state index contributed by atoms with van der Waals surface area (Å²) in [7, 11) is 2.37. The quantitative estimate of drug-likeness (QED) is 0.462. The number of benzene rings is 1. The summed E-state index contributed by atoms with van der Waals surface area (Å²) in [5, 5.41) is 3.10. The number of ether oxygens (including phenoxy) is 4. The van der Waals surface area contributed by atoms with Crippen molar-refractivity contribution in [2.24, 2.45) is 0 Å². The lowest BCUT2D eigenvalue weighted by Gasteiger charge is -2.09. The molecular weight excluding hydrogens is 450 g/mol. The average molecular weight is 470 g/mol. The molecule has 0 saturated heterocycles. The molecule has 1 aromatic carbocycles. The molecule has 2 rings (SSSR count). The molecular formula is C20H20ClNO8S. The van der Waals surface area contributed by atoms with E-state index in [9.17, 15) is 19.2 Å². The zero-order valence-electron chi connectivity index (χ0n) is 17.2. The lowest BCUT2D eigenvalue weighted by molar-refractivity contribution is -0.149. The van der Waals surface area contributed by atoms with E-state index >= 15 is 0 Å². The van der Waals surface area contributed by atoms with E-state index < -0.39 is 37.0 Å². The van der Waals surface area contributed by atoms with Crippen LogP contribution in [0.15, 0.2) is 18.2 Å². The maximum atomic E-state index is 12.2. The second-order valence-electron chi connectivity index (χ2n) is 6.15. The van der Waals surface area contributed by atoms with Crippen molar-refractivity contribution >= 4 is 51.8 Å². The van der Waals surface area contributed by atoms with Crippen LogP contribution in [0.2, 0.25) is 5.02 Å². The van der Waals surface area contributed by atoms with E-state index in [2.05, 4.69) is 10.1 Å². The van der Waals surface area contributed by atoms with Crippen LogP contribution in [0.25, 0.3) is 0 Å². The molecule has 0 atom stereocenters. The van der Waals surface area contributed by atoms with Gasteiger partial charge in [0.2, 0.25) is 0 Å². The predicted octanol–water partition coefficient (Wildman–Crippen LogP) is 3.15. The Morgan fingerprint density at radius 2 is 1.71 bits per heavy atom. The normalized spacial score (nSPS) is 10.2. The van der Waals surface area contributed by atoms with Crippen LogP contribution in [-0.4, -0.2) is 51.2 Å². The Morgan fingerprint density at radius 3 is 2.32 bits per heavy atom. The lowest BCUT2D eigenvalue weighted by Crippen LogP contribution is -2.24. The molecule has 0 saturated carbocycles. The smallest absolute Gasteiger partial charge is 0.348 e. The number of anilines is 1. The highest BCUT2D eigenvalue weighted by Crippen LogP contribution is 2.34. The van der Waals surface area contributed by atoms with Gasteiger partial charge in [-0.15, -0.1) is 11.3 Å². The van der Waals surface area contributed by atoms with Gasteiger partial charge in [-0.1, -0.05) is 11.6 Å². The van der Waals surface area contributed by atoms with Crippen molar-refractivity contribution in [2.75, 3.05) is 32.8 Å². The van der Waals surface area contributed by atoms with Crippen LogP contribution in [0.1, 0.15) is 31.2 Å². The molecule has 0 aliphatic rings. The third kappa shape index (κ3) is 6.19. The predicted molar refractivity (Wildman–Crippen MR) is 113 cm³/mol. The van der Waals surface area contributed by atoms with Gasteiger partial charge in [0.05, 0.1) is 19.8 Å². The Balaban J connectivity index is 1.97. The van der Waals surface area contributed by atoms with E-state index in [1.807, 2.05) is 0 Å². The van der Waals surface area contributed by atoms with Crippen molar-refractivity contribution in [1.29, 1.82) is 0 Å². The third-order valence-corrected chi connectivity index (χ3v) is 5.62. The molecule has 0 aliphatic carbocycles. The van der Waals surface area contributed by atoms with Gasteiger partial charge >= 0.3 is 17.9 Å². The van der Waals surface area contributed by atoms with E-state index in [0.29, 0.717) is 16.3 Å². The van der Waals surface area contributed by atoms with Gasteiger partial charge in [0.1, 0.15) is 15.6 Å². The minimum Gasteiger partial charge on any atom is -0.482 e. The zero-order valence-corrected chi connectivity index (χ0v) is 18.8. The summed E-state index contributed by atoms with van der Waals surface area (Å²) in [5.41, 5.74) is 1.11. The minimum absolute atomic E-state index is 0.0222. The van der Waals surface area contributed by atoms with E-state index in [1.54, 1.807) is 25.1 Å². The number of esters is 3. The molecule has 11 heteroatoms. The Labute approximate surface area is 187 Å². The van der Waals surface area contributed by atoms with Crippen molar-refractivity contribution in [3.63, 3.8) is 0 Å². The summed E-state index contributed by atoms with van der Waals surface area (Å²) in [6, 6.07) is 4.89. The van der Waals surface area contributed by atoms with Crippen LogP contribution in [0, 0.1) is 13.8 Å². The summed E-state index contributed by atoms with van der Waals surface area (Å²) in [6.45, 7) is 2.29. The van der Waals surface area contributed by atoms with Gasteiger partial charge in [0, 0.05) is 5.02 Å². The molecule has 0 bridgehead atoms. The van der Waals surface area contributed by atoms with Gasteiger partial charge in [-0.25, -0.2) is 14.4 Å². The SMILES string of the molecule is COC(=O)c1sc(NC(=O)COC(=O)COc2ccc(Cl)c(C)c2)c(C(=O)OC)c1C. The molecule has 1 heterocycles. The minimum atomic E-state index is -0.770. The number of hydrogen-bond acceptors (Lipinski definition) is 9. The van der Waals surface area contributed by atoms with Crippen molar-refractivity contribution in [1.82, 2.24) is 0 Å². The first-order valence-electron chi connectivity index (χ1n) is 8.82. The second-order valence-corrected chi connectivity index (χ2v) is 7.58. The Kier molecular flexibility index (Phi) is 8.40. The number of aryl methyl sites for hydroxylation is 1. The van der Waals surface area contributed by atoms with Gasteiger partial charge in [0.15, 0.2) is 13.2 Å². The molecule has 0 radical (unpaired) electrons. The van der Waals surface area contributed by atoms with E-state index in [-0.39, 0.29) is 15.4 Å². The molecule has 31 heavy (non-hydrogen) atoms. The standard InChI is InChI=1S/C20H20ClNO8S/c1-10-7-12(5-6-13(10)21)29-9-15(24)30-8-14(23)22-18-16(19(25)27-3)11(2)17(31-18)20(26)28-4/h5-7H,8-9H2,1-4H3,(H,22,23).